The highest BCUT2D eigenvalue weighted by atomic mass is 19.1. The Morgan fingerprint density at radius 2 is 1.95 bits per heavy atom. The Morgan fingerprint density at radius 3 is 2.71 bits per heavy atom. The zero-order chi connectivity index (χ0) is 14.7. The summed E-state index contributed by atoms with van der Waals surface area (Å²) in [6.45, 7) is 2.54. The van der Waals surface area contributed by atoms with Crippen LogP contribution in [0.5, 0.6) is 0 Å². The van der Waals surface area contributed by atoms with E-state index < -0.39 is 0 Å². The molecule has 0 unspecified atom stereocenters. The average molecular weight is 281 g/mol. The summed E-state index contributed by atoms with van der Waals surface area (Å²) in [6, 6.07) is 14.7. The van der Waals surface area contributed by atoms with Crippen molar-refractivity contribution in [2.45, 2.75) is 13.5 Å². The van der Waals surface area contributed by atoms with Gasteiger partial charge in [-0.15, -0.1) is 0 Å². The van der Waals surface area contributed by atoms with Crippen LogP contribution in [0.4, 0.5) is 10.1 Å². The van der Waals surface area contributed by atoms with E-state index in [4.69, 9.17) is 0 Å². The largest absolute Gasteiger partial charge is 0.381 e. The molecule has 0 aliphatic heterocycles. The van der Waals surface area contributed by atoms with Gasteiger partial charge in [0, 0.05) is 24.0 Å². The lowest BCUT2D eigenvalue weighted by Gasteiger charge is -2.08. The monoisotopic (exact) mass is 281 g/mol. The fourth-order valence-corrected chi connectivity index (χ4v) is 2.20. The summed E-state index contributed by atoms with van der Waals surface area (Å²) >= 11 is 0. The van der Waals surface area contributed by atoms with Crippen LogP contribution in [0.15, 0.2) is 60.9 Å². The highest BCUT2D eigenvalue weighted by Gasteiger charge is 2.03. The van der Waals surface area contributed by atoms with Crippen molar-refractivity contribution in [1.82, 2.24) is 9.78 Å². The quantitative estimate of drug-likeness (QED) is 0.785. The van der Waals surface area contributed by atoms with Gasteiger partial charge in [0.1, 0.15) is 5.82 Å². The van der Waals surface area contributed by atoms with E-state index in [1.54, 1.807) is 6.07 Å². The first kappa shape index (κ1) is 13.4. The maximum absolute atomic E-state index is 13.1. The molecular weight excluding hydrogens is 265 g/mol. The zero-order valence-corrected chi connectivity index (χ0v) is 11.8. The molecule has 1 aromatic heterocycles. The maximum atomic E-state index is 13.1. The lowest BCUT2D eigenvalue weighted by Crippen LogP contribution is -2.00. The fourth-order valence-electron chi connectivity index (χ4n) is 2.20. The van der Waals surface area contributed by atoms with Crippen LogP contribution < -0.4 is 5.32 Å². The first-order chi connectivity index (χ1) is 10.2. The minimum Gasteiger partial charge on any atom is -0.381 e. The summed E-state index contributed by atoms with van der Waals surface area (Å²) in [4.78, 5) is 0. The van der Waals surface area contributed by atoms with Gasteiger partial charge in [-0.05, 0) is 42.8 Å². The first-order valence-electron chi connectivity index (χ1n) is 6.81. The highest BCUT2D eigenvalue weighted by molar-refractivity contribution is 5.50. The third-order valence-corrected chi connectivity index (χ3v) is 3.33. The molecule has 106 valence electrons. The van der Waals surface area contributed by atoms with Gasteiger partial charge < -0.3 is 5.32 Å². The minimum atomic E-state index is -0.213. The van der Waals surface area contributed by atoms with E-state index in [0.29, 0.717) is 6.54 Å². The van der Waals surface area contributed by atoms with Crippen molar-refractivity contribution in [3.05, 3.63) is 77.9 Å². The number of hydrogen-bond donors (Lipinski definition) is 1. The van der Waals surface area contributed by atoms with E-state index >= 15 is 0 Å². The summed E-state index contributed by atoms with van der Waals surface area (Å²) in [7, 11) is 0. The Morgan fingerprint density at radius 1 is 1.14 bits per heavy atom. The number of nitrogens with zero attached hydrogens (tertiary/aromatic N) is 2. The van der Waals surface area contributed by atoms with Crippen LogP contribution in [-0.4, -0.2) is 9.78 Å². The van der Waals surface area contributed by atoms with Gasteiger partial charge in [-0.2, -0.15) is 5.10 Å². The molecule has 0 aliphatic carbocycles. The number of anilines is 1. The summed E-state index contributed by atoms with van der Waals surface area (Å²) in [5.41, 5.74) is 3.93. The van der Waals surface area contributed by atoms with E-state index in [-0.39, 0.29) is 5.82 Å². The van der Waals surface area contributed by atoms with Gasteiger partial charge in [-0.25, -0.2) is 9.07 Å². The molecule has 0 bridgehead atoms. The minimum absolute atomic E-state index is 0.213. The number of aromatic nitrogens is 2. The zero-order valence-electron chi connectivity index (χ0n) is 11.8. The third-order valence-electron chi connectivity index (χ3n) is 3.33. The van der Waals surface area contributed by atoms with Crippen molar-refractivity contribution < 1.29 is 4.39 Å². The molecule has 3 aromatic rings. The predicted octanol–water partition coefficient (Wildman–Crippen LogP) is 3.93. The van der Waals surface area contributed by atoms with Crippen LogP contribution in [0.2, 0.25) is 0 Å². The van der Waals surface area contributed by atoms with Crippen LogP contribution in [0.1, 0.15) is 11.1 Å². The molecule has 0 aliphatic rings. The second-order valence-corrected chi connectivity index (χ2v) is 4.94. The van der Waals surface area contributed by atoms with Crippen molar-refractivity contribution in [2.24, 2.45) is 0 Å². The van der Waals surface area contributed by atoms with E-state index in [9.17, 15) is 4.39 Å². The standard InChI is InChI=1S/C17H16FN3/c1-13-9-15(18)7-8-17(13)19-10-14-11-20-21(12-14)16-5-3-2-4-6-16/h2-9,11-12,19H,10H2,1H3. The van der Waals surface area contributed by atoms with Crippen molar-refractivity contribution in [3.63, 3.8) is 0 Å². The average Bonchev–Trinajstić information content (AvgIpc) is 2.96. The maximum Gasteiger partial charge on any atom is 0.123 e. The van der Waals surface area contributed by atoms with E-state index in [2.05, 4.69) is 10.4 Å². The predicted molar refractivity (Wildman–Crippen MR) is 82.0 cm³/mol. The van der Waals surface area contributed by atoms with Crippen LogP contribution >= 0.6 is 0 Å². The fraction of sp³-hybridized carbons (Fsp3) is 0.118. The smallest absolute Gasteiger partial charge is 0.123 e. The van der Waals surface area contributed by atoms with Gasteiger partial charge in [-0.3, -0.25) is 0 Å². The molecule has 2 aromatic carbocycles. The Labute approximate surface area is 123 Å². The number of aryl methyl sites for hydroxylation is 1. The number of para-hydroxylation sites is 1. The van der Waals surface area contributed by atoms with Crippen molar-refractivity contribution in [3.8, 4) is 5.69 Å². The topological polar surface area (TPSA) is 29.9 Å². The molecule has 3 rings (SSSR count). The SMILES string of the molecule is Cc1cc(F)ccc1NCc1cnn(-c2ccccc2)c1. The molecular formula is C17H16FN3. The summed E-state index contributed by atoms with van der Waals surface area (Å²) < 4.78 is 14.9. The summed E-state index contributed by atoms with van der Waals surface area (Å²) in [5, 5.41) is 7.65. The van der Waals surface area contributed by atoms with Crippen LogP contribution in [0.25, 0.3) is 5.69 Å². The molecule has 1 N–H and O–H groups in total. The van der Waals surface area contributed by atoms with Gasteiger partial charge >= 0.3 is 0 Å². The molecule has 3 nitrogen and oxygen atoms in total. The first-order valence-corrected chi connectivity index (χ1v) is 6.81. The molecule has 21 heavy (non-hydrogen) atoms. The number of hydrogen-bond acceptors (Lipinski definition) is 2. The molecule has 0 radical (unpaired) electrons. The number of rotatable bonds is 4. The van der Waals surface area contributed by atoms with E-state index in [1.165, 1.54) is 12.1 Å². The Bertz CT molecular complexity index is 735. The van der Waals surface area contributed by atoms with E-state index in [1.807, 2.05) is 54.3 Å². The van der Waals surface area contributed by atoms with Gasteiger partial charge in [0.05, 0.1) is 11.9 Å². The molecule has 0 spiro atoms. The molecule has 0 atom stereocenters. The van der Waals surface area contributed by atoms with Gasteiger partial charge in [0.25, 0.3) is 0 Å². The Balaban J connectivity index is 1.70. The molecule has 1 heterocycles. The van der Waals surface area contributed by atoms with Crippen molar-refractivity contribution in [1.29, 1.82) is 0 Å². The number of benzene rings is 2. The van der Waals surface area contributed by atoms with Gasteiger partial charge in [0.2, 0.25) is 0 Å². The summed E-state index contributed by atoms with van der Waals surface area (Å²) in [5.74, 6) is -0.213. The second-order valence-electron chi connectivity index (χ2n) is 4.94. The number of halogens is 1. The Kier molecular flexibility index (Phi) is 3.69. The lowest BCUT2D eigenvalue weighted by atomic mass is 10.2. The molecule has 4 heteroatoms. The van der Waals surface area contributed by atoms with Crippen LogP contribution in [0, 0.1) is 12.7 Å². The Hall–Kier alpha value is -2.62. The second kappa shape index (κ2) is 5.79. The normalized spacial score (nSPS) is 10.6. The molecule has 0 fully saturated rings. The van der Waals surface area contributed by atoms with Crippen LogP contribution in [0.3, 0.4) is 0 Å². The molecule has 0 saturated heterocycles. The van der Waals surface area contributed by atoms with Crippen molar-refractivity contribution in [2.75, 3.05) is 5.32 Å². The molecule has 0 saturated carbocycles. The van der Waals surface area contributed by atoms with Crippen LogP contribution in [-0.2, 0) is 6.54 Å². The van der Waals surface area contributed by atoms with Crippen molar-refractivity contribution >= 4 is 5.69 Å². The highest BCUT2D eigenvalue weighted by Crippen LogP contribution is 2.17. The summed E-state index contributed by atoms with van der Waals surface area (Å²) in [6.07, 6.45) is 3.82. The van der Waals surface area contributed by atoms with Gasteiger partial charge in [-0.1, -0.05) is 18.2 Å². The lowest BCUT2D eigenvalue weighted by molar-refractivity contribution is 0.627. The van der Waals surface area contributed by atoms with Gasteiger partial charge in [0.15, 0.2) is 0 Å². The van der Waals surface area contributed by atoms with E-state index in [0.717, 1.165) is 22.5 Å². The molecule has 0 amide bonds. The third kappa shape index (κ3) is 3.11. The number of nitrogens with one attached hydrogen (secondary N) is 1.